The van der Waals surface area contributed by atoms with E-state index < -0.39 is 28.9 Å². The van der Waals surface area contributed by atoms with E-state index in [0.29, 0.717) is 11.1 Å². The van der Waals surface area contributed by atoms with Crippen molar-refractivity contribution in [3.05, 3.63) is 87.3 Å². The number of nitrogens with one attached hydrogen (secondary N) is 1. The SMILES string of the molecule is COc1ccc(Cc2nc(C(=O)C[C@@H](c3ccc(OC(F)(F)F)cc3)C(C)(C)C)cc(=O)[nH]2)cc1F. The molecule has 2 aromatic carbocycles. The van der Waals surface area contributed by atoms with Gasteiger partial charge in [0.15, 0.2) is 17.3 Å². The molecule has 1 N–H and O–H groups in total. The lowest BCUT2D eigenvalue weighted by Gasteiger charge is -2.31. The van der Waals surface area contributed by atoms with Crippen molar-refractivity contribution in [2.75, 3.05) is 7.11 Å². The molecule has 10 heteroatoms. The molecule has 0 fully saturated rings. The van der Waals surface area contributed by atoms with Crippen molar-refractivity contribution in [1.29, 1.82) is 0 Å². The molecule has 0 aliphatic carbocycles. The summed E-state index contributed by atoms with van der Waals surface area (Å²) in [5.74, 6) is -1.44. The van der Waals surface area contributed by atoms with Crippen molar-refractivity contribution in [3.63, 3.8) is 0 Å². The van der Waals surface area contributed by atoms with Gasteiger partial charge in [0.2, 0.25) is 0 Å². The molecule has 3 rings (SSSR count). The van der Waals surface area contributed by atoms with Gasteiger partial charge in [-0.3, -0.25) is 9.59 Å². The predicted octanol–water partition coefficient (Wildman–Crippen LogP) is 5.81. The molecule has 192 valence electrons. The van der Waals surface area contributed by atoms with Crippen LogP contribution >= 0.6 is 0 Å². The third-order valence-electron chi connectivity index (χ3n) is 5.62. The molecule has 0 spiro atoms. The number of methoxy groups -OCH3 is 1. The first-order chi connectivity index (χ1) is 16.7. The van der Waals surface area contributed by atoms with E-state index in [4.69, 9.17) is 4.74 Å². The highest BCUT2D eigenvalue weighted by Gasteiger charge is 2.32. The summed E-state index contributed by atoms with van der Waals surface area (Å²) in [4.78, 5) is 32.2. The van der Waals surface area contributed by atoms with Gasteiger partial charge in [0, 0.05) is 18.9 Å². The first-order valence-corrected chi connectivity index (χ1v) is 11.1. The number of halogens is 4. The molecule has 0 saturated carbocycles. The zero-order chi connectivity index (χ0) is 26.7. The van der Waals surface area contributed by atoms with Crippen LogP contribution in [0.15, 0.2) is 53.3 Å². The smallest absolute Gasteiger partial charge is 0.494 e. The summed E-state index contributed by atoms with van der Waals surface area (Å²) in [6.07, 6.45) is -4.75. The number of hydrogen-bond donors (Lipinski definition) is 1. The van der Waals surface area contributed by atoms with Gasteiger partial charge in [-0.05, 0) is 46.7 Å². The van der Waals surface area contributed by atoms with Crippen molar-refractivity contribution in [2.45, 2.75) is 45.9 Å². The second-order valence-corrected chi connectivity index (χ2v) is 9.39. The first kappa shape index (κ1) is 26.9. The molecule has 0 bridgehead atoms. The molecule has 0 unspecified atom stereocenters. The maximum absolute atomic E-state index is 14.0. The fourth-order valence-corrected chi connectivity index (χ4v) is 3.86. The highest BCUT2D eigenvalue weighted by molar-refractivity contribution is 5.94. The largest absolute Gasteiger partial charge is 0.573 e. The van der Waals surface area contributed by atoms with E-state index in [9.17, 15) is 27.2 Å². The Kier molecular flexibility index (Phi) is 7.86. The minimum absolute atomic E-state index is 0.0317. The number of hydrogen-bond acceptors (Lipinski definition) is 5. The normalized spacial score (nSPS) is 12.8. The van der Waals surface area contributed by atoms with E-state index in [1.807, 2.05) is 20.8 Å². The van der Waals surface area contributed by atoms with Crippen LogP contribution in [0.4, 0.5) is 17.6 Å². The van der Waals surface area contributed by atoms with Gasteiger partial charge in [-0.15, -0.1) is 13.2 Å². The van der Waals surface area contributed by atoms with Crippen LogP contribution in [0.1, 0.15) is 60.5 Å². The van der Waals surface area contributed by atoms with Gasteiger partial charge in [0.1, 0.15) is 17.3 Å². The number of aromatic nitrogens is 2. The summed E-state index contributed by atoms with van der Waals surface area (Å²) in [6.45, 7) is 5.71. The van der Waals surface area contributed by atoms with Crippen LogP contribution in [0, 0.1) is 11.2 Å². The molecular weight excluding hydrogens is 480 g/mol. The maximum atomic E-state index is 14.0. The maximum Gasteiger partial charge on any atom is 0.573 e. The standard InChI is InChI=1S/C26H26F4N2O4/c1-25(2,3)18(16-6-8-17(9-7-16)36-26(28,29)30)13-21(33)20-14-24(34)32-23(31-20)12-15-5-10-22(35-4)19(27)11-15/h5-11,14,18H,12-13H2,1-4H3,(H,31,32,34)/t18-/m0/s1. The Morgan fingerprint density at radius 3 is 2.28 bits per heavy atom. The molecule has 0 amide bonds. The number of ether oxygens (including phenoxy) is 2. The molecule has 3 aromatic rings. The minimum atomic E-state index is -4.80. The van der Waals surface area contributed by atoms with Crippen LogP contribution in [0.5, 0.6) is 11.5 Å². The van der Waals surface area contributed by atoms with Crippen LogP contribution in [0.25, 0.3) is 0 Å². The number of benzene rings is 2. The summed E-state index contributed by atoms with van der Waals surface area (Å²) < 4.78 is 60.3. The van der Waals surface area contributed by atoms with E-state index in [2.05, 4.69) is 14.7 Å². The number of aromatic amines is 1. The average Bonchev–Trinajstić information content (AvgIpc) is 2.76. The number of nitrogens with zero attached hydrogens (tertiary/aromatic N) is 1. The van der Waals surface area contributed by atoms with Crippen molar-refractivity contribution >= 4 is 5.78 Å². The highest BCUT2D eigenvalue weighted by Crippen LogP contribution is 2.39. The third kappa shape index (κ3) is 7.16. The lowest BCUT2D eigenvalue weighted by atomic mass is 9.73. The number of ketones is 1. The van der Waals surface area contributed by atoms with Gasteiger partial charge in [0.05, 0.1) is 7.11 Å². The van der Waals surface area contributed by atoms with Crippen LogP contribution in [0.3, 0.4) is 0 Å². The van der Waals surface area contributed by atoms with E-state index in [0.717, 1.165) is 6.07 Å². The Bertz CT molecular complexity index is 1280. The fourth-order valence-electron chi connectivity index (χ4n) is 3.86. The monoisotopic (exact) mass is 506 g/mol. The second-order valence-electron chi connectivity index (χ2n) is 9.39. The molecule has 6 nitrogen and oxygen atoms in total. The molecule has 1 heterocycles. The Morgan fingerprint density at radius 2 is 1.72 bits per heavy atom. The Labute approximate surface area is 205 Å². The van der Waals surface area contributed by atoms with Gasteiger partial charge in [-0.25, -0.2) is 9.37 Å². The molecule has 1 atom stereocenters. The fraction of sp³-hybridized carbons (Fsp3) is 0.346. The minimum Gasteiger partial charge on any atom is -0.494 e. The molecule has 0 radical (unpaired) electrons. The van der Waals surface area contributed by atoms with E-state index >= 15 is 0 Å². The van der Waals surface area contributed by atoms with Gasteiger partial charge >= 0.3 is 6.36 Å². The Balaban J connectivity index is 1.83. The van der Waals surface area contributed by atoms with Crippen LogP contribution in [-0.4, -0.2) is 29.2 Å². The van der Waals surface area contributed by atoms with Crippen LogP contribution in [0.2, 0.25) is 0 Å². The quantitative estimate of drug-likeness (QED) is 0.308. The van der Waals surface area contributed by atoms with Crippen molar-refractivity contribution < 1.29 is 31.8 Å². The zero-order valence-corrected chi connectivity index (χ0v) is 20.2. The first-order valence-electron chi connectivity index (χ1n) is 11.1. The predicted molar refractivity (Wildman–Crippen MR) is 125 cm³/mol. The lowest BCUT2D eigenvalue weighted by molar-refractivity contribution is -0.274. The molecule has 0 saturated heterocycles. The van der Waals surface area contributed by atoms with Crippen molar-refractivity contribution in [2.24, 2.45) is 5.41 Å². The van der Waals surface area contributed by atoms with Gasteiger partial charge < -0.3 is 14.5 Å². The zero-order valence-electron chi connectivity index (χ0n) is 20.2. The number of Topliss-reactive ketones (excluding diaryl/α,β-unsaturated/α-hetero) is 1. The summed E-state index contributed by atoms with van der Waals surface area (Å²) in [7, 11) is 1.35. The highest BCUT2D eigenvalue weighted by atomic mass is 19.4. The number of rotatable bonds is 8. The topological polar surface area (TPSA) is 81.3 Å². The van der Waals surface area contributed by atoms with E-state index in [1.165, 1.54) is 43.5 Å². The molecular formula is C26H26F4N2O4. The van der Waals surface area contributed by atoms with Gasteiger partial charge in [0.25, 0.3) is 5.56 Å². The van der Waals surface area contributed by atoms with Crippen LogP contribution in [-0.2, 0) is 6.42 Å². The van der Waals surface area contributed by atoms with Crippen molar-refractivity contribution in [1.82, 2.24) is 9.97 Å². The van der Waals surface area contributed by atoms with Gasteiger partial charge in [-0.1, -0.05) is 39.0 Å². The number of carbonyl (C=O) groups excluding carboxylic acids is 1. The molecule has 1 aromatic heterocycles. The second kappa shape index (κ2) is 10.5. The third-order valence-corrected chi connectivity index (χ3v) is 5.62. The molecule has 0 aliphatic heterocycles. The van der Waals surface area contributed by atoms with Crippen LogP contribution < -0.4 is 15.0 Å². The van der Waals surface area contributed by atoms with E-state index in [-0.39, 0.29) is 41.8 Å². The number of alkyl halides is 3. The number of carbonyl (C=O) groups is 1. The Morgan fingerprint density at radius 1 is 1.06 bits per heavy atom. The summed E-state index contributed by atoms with van der Waals surface area (Å²) in [5, 5.41) is 0. The van der Waals surface area contributed by atoms with Gasteiger partial charge in [-0.2, -0.15) is 0 Å². The lowest BCUT2D eigenvalue weighted by Crippen LogP contribution is -2.24. The molecule has 0 aliphatic rings. The summed E-state index contributed by atoms with van der Waals surface area (Å²) in [6, 6.07) is 10.8. The van der Waals surface area contributed by atoms with E-state index in [1.54, 1.807) is 6.07 Å². The Hall–Kier alpha value is -3.69. The summed E-state index contributed by atoms with van der Waals surface area (Å²) in [5.41, 5.74) is 0.151. The average molecular weight is 506 g/mol. The van der Waals surface area contributed by atoms with Crippen molar-refractivity contribution in [3.8, 4) is 11.5 Å². The number of H-pyrrole nitrogens is 1. The summed E-state index contributed by atoms with van der Waals surface area (Å²) >= 11 is 0. The molecule has 36 heavy (non-hydrogen) atoms.